The van der Waals surface area contributed by atoms with E-state index < -0.39 is 0 Å². The molecule has 25 heavy (non-hydrogen) atoms. The summed E-state index contributed by atoms with van der Waals surface area (Å²) in [6.45, 7) is 3.49. The average Bonchev–Trinajstić information content (AvgIpc) is 3.31. The van der Waals surface area contributed by atoms with Crippen LogP contribution in [0.25, 0.3) is 16.5 Å². The molecule has 1 aliphatic rings. The number of hydrogen-bond donors (Lipinski definition) is 3. The molecule has 0 saturated carbocycles. The Morgan fingerprint density at radius 3 is 3.00 bits per heavy atom. The topological polar surface area (TPSA) is 76.8 Å². The summed E-state index contributed by atoms with van der Waals surface area (Å²) in [4.78, 5) is 17.5. The number of anilines is 1. The lowest BCUT2D eigenvalue weighted by Crippen LogP contribution is -2.37. The van der Waals surface area contributed by atoms with E-state index in [1.54, 1.807) is 12.4 Å². The molecule has 0 saturated heterocycles. The number of aryl methyl sites for hydroxylation is 1. The quantitative estimate of drug-likeness (QED) is 0.681. The lowest BCUT2D eigenvalue weighted by atomic mass is 9.98. The fourth-order valence-corrected chi connectivity index (χ4v) is 3.40. The number of hydrogen-bond acceptors (Lipinski definition) is 2. The Labute approximate surface area is 145 Å². The average molecular weight is 335 g/mol. The first-order chi connectivity index (χ1) is 12.3. The van der Waals surface area contributed by atoms with E-state index in [1.807, 2.05) is 4.90 Å². The van der Waals surface area contributed by atoms with Gasteiger partial charge in [-0.3, -0.25) is 5.10 Å². The van der Waals surface area contributed by atoms with E-state index in [4.69, 9.17) is 0 Å². The Morgan fingerprint density at radius 1 is 1.36 bits per heavy atom. The van der Waals surface area contributed by atoms with Gasteiger partial charge in [0.1, 0.15) is 0 Å². The number of nitrogens with one attached hydrogen (secondary N) is 3. The van der Waals surface area contributed by atoms with E-state index in [-0.39, 0.29) is 6.03 Å². The first-order valence-electron chi connectivity index (χ1n) is 8.59. The molecule has 2 amide bonds. The van der Waals surface area contributed by atoms with E-state index >= 15 is 0 Å². The Bertz CT molecular complexity index is 923. The van der Waals surface area contributed by atoms with E-state index in [9.17, 15) is 4.79 Å². The van der Waals surface area contributed by atoms with Gasteiger partial charge >= 0.3 is 6.03 Å². The van der Waals surface area contributed by atoms with Crippen LogP contribution in [0.15, 0.2) is 42.9 Å². The second kappa shape index (κ2) is 6.47. The molecule has 0 bridgehead atoms. The number of carbonyl (C=O) groups is 1. The van der Waals surface area contributed by atoms with Gasteiger partial charge in [-0.2, -0.15) is 5.10 Å². The zero-order valence-electron chi connectivity index (χ0n) is 14.2. The summed E-state index contributed by atoms with van der Waals surface area (Å²) in [5.41, 5.74) is 5.79. The van der Waals surface area contributed by atoms with Gasteiger partial charge in [0.25, 0.3) is 0 Å². The van der Waals surface area contributed by atoms with Crippen LogP contribution in [0.4, 0.5) is 10.5 Å². The van der Waals surface area contributed by atoms with Crippen LogP contribution in [0.5, 0.6) is 0 Å². The SMILES string of the molecule is CCc1cccc2c(C3=CCN(C(=O)Nc4cn[nH]c4)CC3)c[nH]c12. The minimum absolute atomic E-state index is 0.0936. The molecule has 0 radical (unpaired) electrons. The maximum absolute atomic E-state index is 12.3. The number of aromatic nitrogens is 3. The standard InChI is InChI=1S/C19H21N5O/c1-2-13-4-3-5-16-17(12-20-18(13)16)14-6-8-24(9-7-14)19(25)23-15-10-21-22-11-15/h3-6,10-12,20H,2,7-9H2,1H3,(H,21,22)(H,23,25). The third kappa shape index (κ3) is 2.91. The number of rotatable bonds is 3. The van der Waals surface area contributed by atoms with Crippen molar-refractivity contribution in [3.8, 4) is 0 Å². The molecule has 3 N–H and O–H groups in total. The Kier molecular flexibility index (Phi) is 4.01. The van der Waals surface area contributed by atoms with Crippen LogP contribution in [0.2, 0.25) is 0 Å². The highest BCUT2D eigenvalue weighted by Crippen LogP contribution is 2.31. The number of H-pyrrole nitrogens is 2. The molecular weight excluding hydrogens is 314 g/mol. The third-order valence-electron chi connectivity index (χ3n) is 4.77. The number of amides is 2. The van der Waals surface area contributed by atoms with Crippen molar-refractivity contribution in [2.24, 2.45) is 0 Å². The highest BCUT2D eigenvalue weighted by Gasteiger charge is 2.20. The maximum Gasteiger partial charge on any atom is 0.322 e. The first-order valence-corrected chi connectivity index (χ1v) is 8.59. The second-order valence-electron chi connectivity index (χ2n) is 6.24. The smallest absolute Gasteiger partial charge is 0.322 e. The number of urea groups is 1. The van der Waals surface area contributed by atoms with Crippen molar-refractivity contribution in [3.63, 3.8) is 0 Å². The van der Waals surface area contributed by atoms with Gasteiger partial charge < -0.3 is 15.2 Å². The molecular formula is C19H21N5O. The zero-order chi connectivity index (χ0) is 17.2. The van der Waals surface area contributed by atoms with E-state index in [1.165, 1.54) is 27.6 Å². The Hall–Kier alpha value is -3.02. The van der Waals surface area contributed by atoms with Crippen LogP contribution < -0.4 is 5.32 Å². The van der Waals surface area contributed by atoms with Crippen molar-refractivity contribution in [3.05, 3.63) is 54.0 Å². The molecule has 0 spiro atoms. The molecule has 0 unspecified atom stereocenters. The summed E-state index contributed by atoms with van der Waals surface area (Å²) in [7, 11) is 0. The zero-order valence-corrected chi connectivity index (χ0v) is 14.2. The summed E-state index contributed by atoms with van der Waals surface area (Å²) >= 11 is 0. The van der Waals surface area contributed by atoms with E-state index in [0.717, 1.165) is 12.8 Å². The number of para-hydroxylation sites is 1. The van der Waals surface area contributed by atoms with Crippen LogP contribution in [0.1, 0.15) is 24.5 Å². The minimum atomic E-state index is -0.0936. The molecule has 3 heterocycles. The van der Waals surface area contributed by atoms with Crippen molar-refractivity contribution in [1.82, 2.24) is 20.1 Å². The Morgan fingerprint density at radius 2 is 2.28 bits per heavy atom. The molecule has 6 heteroatoms. The Balaban J connectivity index is 1.52. The van der Waals surface area contributed by atoms with Gasteiger partial charge in [0.2, 0.25) is 0 Å². The van der Waals surface area contributed by atoms with E-state index in [0.29, 0.717) is 18.8 Å². The van der Waals surface area contributed by atoms with Crippen molar-refractivity contribution >= 4 is 28.2 Å². The van der Waals surface area contributed by atoms with Crippen molar-refractivity contribution < 1.29 is 4.79 Å². The third-order valence-corrected chi connectivity index (χ3v) is 4.77. The number of carbonyl (C=O) groups excluding carboxylic acids is 1. The van der Waals surface area contributed by atoms with Gasteiger partial charge in [0.15, 0.2) is 0 Å². The molecule has 4 rings (SSSR count). The fourth-order valence-electron chi connectivity index (χ4n) is 3.40. The number of fused-ring (bicyclic) bond motifs is 1. The minimum Gasteiger partial charge on any atom is -0.360 e. The summed E-state index contributed by atoms with van der Waals surface area (Å²) in [6.07, 6.45) is 9.37. The monoisotopic (exact) mass is 335 g/mol. The van der Waals surface area contributed by atoms with E-state index in [2.05, 4.69) is 57.9 Å². The van der Waals surface area contributed by atoms with Gasteiger partial charge in [-0.05, 0) is 24.0 Å². The predicted octanol–water partition coefficient (Wildman–Crippen LogP) is 3.77. The number of nitrogens with zero attached hydrogens (tertiary/aromatic N) is 2. The molecule has 0 aliphatic carbocycles. The molecule has 2 aromatic heterocycles. The number of benzene rings is 1. The maximum atomic E-state index is 12.3. The number of aromatic amines is 2. The summed E-state index contributed by atoms with van der Waals surface area (Å²) in [5.74, 6) is 0. The lowest BCUT2D eigenvalue weighted by Gasteiger charge is -2.26. The van der Waals surface area contributed by atoms with Crippen molar-refractivity contribution in [1.29, 1.82) is 0 Å². The van der Waals surface area contributed by atoms with Gasteiger partial charge in [-0.15, -0.1) is 0 Å². The molecule has 3 aromatic rings. The summed E-state index contributed by atoms with van der Waals surface area (Å²) in [5, 5.41) is 10.6. The van der Waals surface area contributed by atoms with Gasteiger partial charge in [-0.25, -0.2) is 4.79 Å². The van der Waals surface area contributed by atoms with Crippen molar-refractivity contribution in [2.75, 3.05) is 18.4 Å². The fraction of sp³-hybridized carbons (Fsp3) is 0.263. The van der Waals surface area contributed by atoms with Gasteiger partial charge in [0.05, 0.1) is 11.9 Å². The summed E-state index contributed by atoms with van der Waals surface area (Å²) < 4.78 is 0. The molecule has 1 aromatic carbocycles. The van der Waals surface area contributed by atoms with Crippen LogP contribution in [0.3, 0.4) is 0 Å². The largest absolute Gasteiger partial charge is 0.360 e. The van der Waals surface area contributed by atoms with Crippen molar-refractivity contribution in [2.45, 2.75) is 19.8 Å². The van der Waals surface area contributed by atoms with Gasteiger partial charge in [0, 0.05) is 41.9 Å². The second-order valence-corrected chi connectivity index (χ2v) is 6.24. The van der Waals surface area contributed by atoms with Crippen LogP contribution in [-0.2, 0) is 6.42 Å². The highest BCUT2D eigenvalue weighted by molar-refractivity contribution is 5.95. The molecule has 0 fully saturated rings. The molecule has 128 valence electrons. The summed E-state index contributed by atoms with van der Waals surface area (Å²) in [6, 6.07) is 6.36. The lowest BCUT2D eigenvalue weighted by molar-refractivity contribution is 0.217. The van der Waals surface area contributed by atoms with Crippen LogP contribution >= 0.6 is 0 Å². The molecule has 6 nitrogen and oxygen atoms in total. The normalized spacial score (nSPS) is 14.6. The van der Waals surface area contributed by atoms with Crippen LogP contribution in [-0.4, -0.2) is 39.2 Å². The molecule has 0 atom stereocenters. The van der Waals surface area contributed by atoms with Crippen LogP contribution in [0, 0.1) is 0 Å². The first kappa shape index (κ1) is 15.5. The highest BCUT2D eigenvalue weighted by atomic mass is 16.2. The van der Waals surface area contributed by atoms with Gasteiger partial charge in [-0.1, -0.05) is 31.2 Å². The molecule has 1 aliphatic heterocycles. The predicted molar refractivity (Wildman–Crippen MR) is 99.5 cm³/mol.